The average molecular weight is 303 g/mol. The van der Waals surface area contributed by atoms with Crippen LogP contribution in [0.1, 0.15) is 17.4 Å². The van der Waals surface area contributed by atoms with Crippen molar-refractivity contribution >= 4 is 33.0 Å². The molecule has 0 radical (unpaired) electrons. The van der Waals surface area contributed by atoms with Crippen molar-refractivity contribution in [3.8, 4) is 0 Å². The fraction of sp³-hybridized carbons (Fsp3) is 0.176. The highest BCUT2D eigenvalue weighted by Crippen LogP contribution is 2.36. The molecule has 0 fully saturated rings. The third-order valence-electron chi connectivity index (χ3n) is 3.45. The first-order chi connectivity index (χ1) is 9.56. The van der Waals surface area contributed by atoms with Crippen molar-refractivity contribution in [3.63, 3.8) is 0 Å². The fourth-order valence-electron chi connectivity index (χ4n) is 2.35. The molecular formula is C17H15ClOS. The molecule has 3 heteroatoms. The van der Waals surface area contributed by atoms with E-state index in [1.165, 1.54) is 10.1 Å². The lowest BCUT2D eigenvalue weighted by Gasteiger charge is -2.22. The van der Waals surface area contributed by atoms with E-state index in [0.29, 0.717) is 11.4 Å². The van der Waals surface area contributed by atoms with Crippen molar-refractivity contribution in [2.45, 2.75) is 18.9 Å². The summed E-state index contributed by atoms with van der Waals surface area (Å²) < 4.78 is 1.20. The molecule has 1 atom stereocenters. The second kappa shape index (κ2) is 5.21. The number of hydrogen-bond acceptors (Lipinski definition) is 2. The number of halogens is 1. The van der Waals surface area contributed by atoms with Crippen LogP contribution in [0.5, 0.6) is 0 Å². The topological polar surface area (TPSA) is 20.2 Å². The molecule has 0 saturated carbocycles. The van der Waals surface area contributed by atoms with Gasteiger partial charge in [-0.3, -0.25) is 0 Å². The van der Waals surface area contributed by atoms with Gasteiger partial charge in [-0.25, -0.2) is 0 Å². The van der Waals surface area contributed by atoms with Gasteiger partial charge in [-0.1, -0.05) is 48.0 Å². The number of benzene rings is 2. The van der Waals surface area contributed by atoms with Crippen LogP contribution in [0.4, 0.5) is 0 Å². The van der Waals surface area contributed by atoms with Crippen LogP contribution < -0.4 is 0 Å². The lowest BCUT2D eigenvalue weighted by molar-refractivity contribution is 0.0616. The Hall–Kier alpha value is -1.35. The molecule has 0 saturated heterocycles. The molecule has 3 aromatic rings. The van der Waals surface area contributed by atoms with Gasteiger partial charge in [0.25, 0.3) is 0 Å². The minimum atomic E-state index is -0.908. The van der Waals surface area contributed by atoms with Gasteiger partial charge in [0.15, 0.2) is 0 Å². The lowest BCUT2D eigenvalue weighted by atomic mass is 9.94. The predicted octanol–water partition coefficient (Wildman–Crippen LogP) is 5.00. The molecule has 1 heterocycles. The van der Waals surface area contributed by atoms with Gasteiger partial charge in [-0.2, -0.15) is 0 Å². The van der Waals surface area contributed by atoms with Crippen LogP contribution in [0, 0.1) is 0 Å². The van der Waals surface area contributed by atoms with Gasteiger partial charge in [0, 0.05) is 21.0 Å². The van der Waals surface area contributed by atoms with Gasteiger partial charge in [0.1, 0.15) is 5.60 Å². The van der Waals surface area contributed by atoms with Crippen molar-refractivity contribution in [2.24, 2.45) is 0 Å². The van der Waals surface area contributed by atoms with E-state index >= 15 is 0 Å². The van der Waals surface area contributed by atoms with Crippen LogP contribution in [0.25, 0.3) is 10.1 Å². The van der Waals surface area contributed by atoms with E-state index in [-0.39, 0.29) is 0 Å². The summed E-state index contributed by atoms with van der Waals surface area (Å²) in [5.74, 6) is 0. The standard InChI is InChI=1S/C17H15ClOS/c1-17(19,11-13-7-2-4-8-14(13)18)16-10-12-6-3-5-9-15(12)20-16/h2-10,19H,11H2,1H3. The van der Waals surface area contributed by atoms with Crippen molar-refractivity contribution in [3.05, 3.63) is 70.1 Å². The monoisotopic (exact) mass is 302 g/mol. The molecule has 2 aromatic carbocycles. The molecule has 0 aliphatic rings. The predicted molar refractivity (Wildman–Crippen MR) is 86.6 cm³/mol. The van der Waals surface area contributed by atoms with E-state index in [4.69, 9.17) is 11.6 Å². The quantitative estimate of drug-likeness (QED) is 0.721. The number of thiophene rings is 1. The van der Waals surface area contributed by atoms with Gasteiger partial charge in [-0.15, -0.1) is 11.3 Å². The summed E-state index contributed by atoms with van der Waals surface area (Å²) in [4.78, 5) is 0.971. The fourth-order valence-corrected chi connectivity index (χ4v) is 3.66. The molecule has 20 heavy (non-hydrogen) atoms. The molecule has 102 valence electrons. The summed E-state index contributed by atoms with van der Waals surface area (Å²) in [6.45, 7) is 1.85. The number of aliphatic hydroxyl groups is 1. The van der Waals surface area contributed by atoms with Crippen LogP contribution in [0.2, 0.25) is 5.02 Å². The minimum Gasteiger partial charge on any atom is -0.384 e. The maximum atomic E-state index is 10.8. The molecule has 1 nitrogen and oxygen atoms in total. The molecule has 0 bridgehead atoms. The Morgan fingerprint density at radius 3 is 2.55 bits per heavy atom. The first-order valence-corrected chi connectivity index (χ1v) is 7.70. The Morgan fingerprint density at radius 2 is 1.80 bits per heavy atom. The van der Waals surface area contributed by atoms with Crippen LogP contribution in [-0.2, 0) is 12.0 Å². The molecule has 0 amide bonds. The van der Waals surface area contributed by atoms with Crippen molar-refractivity contribution < 1.29 is 5.11 Å². The van der Waals surface area contributed by atoms with E-state index in [1.807, 2.05) is 43.3 Å². The third-order valence-corrected chi connectivity index (χ3v) is 5.19. The zero-order valence-corrected chi connectivity index (χ0v) is 12.7. The first kappa shape index (κ1) is 13.6. The first-order valence-electron chi connectivity index (χ1n) is 6.51. The summed E-state index contributed by atoms with van der Waals surface area (Å²) in [6.07, 6.45) is 0.513. The van der Waals surface area contributed by atoms with Crippen LogP contribution in [0.15, 0.2) is 54.6 Å². The zero-order valence-electron chi connectivity index (χ0n) is 11.1. The van der Waals surface area contributed by atoms with Crippen LogP contribution in [-0.4, -0.2) is 5.11 Å². The van der Waals surface area contributed by atoms with Gasteiger partial charge < -0.3 is 5.11 Å². The Labute approximate surface area is 127 Å². The molecule has 1 aromatic heterocycles. The minimum absolute atomic E-state index is 0.513. The zero-order chi connectivity index (χ0) is 14.2. The van der Waals surface area contributed by atoms with Crippen molar-refractivity contribution in [1.82, 2.24) is 0 Å². The van der Waals surface area contributed by atoms with E-state index in [9.17, 15) is 5.11 Å². The largest absolute Gasteiger partial charge is 0.384 e. The van der Waals surface area contributed by atoms with E-state index in [2.05, 4.69) is 18.2 Å². The molecule has 0 aliphatic carbocycles. The Balaban J connectivity index is 1.97. The molecular weight excluding hydrogens is 288 g/mol. The normalized spacial score (nSPS) is 14.3. The number of rotatable bonds is 3. The number of fused-ring (bicyclic) bond motifs is 1. The van der Waals surface area contributed by atoms with E-state index < -0.39 is 5.60 Å². The molecule has 0 aliphatic heterocycles. The second-order valence-corrected chi connectivity index (χ2v) is 6.68. The highest BCUT2D eigenvalue weighted by Gasteiger charge is 2.26. The van der Waals surface area contributed by atoms with E-state index in [0.717, 1.165) is 10.4 Å². The highest BCUT2D eigenvalue weighted by molar-refractivity contribution is 7.19. The molecule has 3 rings (SSSR count). The highest BCUT2D eigenvalue weighted by atomic mass is 35.5. The Kier molecular flexibility index (Phi) is 3.55. The van der Waals surface area contributed by atoms with E-state index in [1.54, 1.807) is 11.3 Å². The van der Waals surface area contributed by atoms with Crippen molar-refractivity contribution in [1.29, 1.82) is 0 Å². The smallest absolute Gasteiger partial charge is 0.100 e. The maximum Gasteiger partial charge on any atom is 0.100 e. The van der Waals surface area contributed by atoms with Gasteiger partial charge in [0.2, 0.25) is 0 Å². The Bertz CT molecular complexity index is 712. The number of hydrogen-bond donors (Lipinski definition) is 1. The lowest BCUT2D eigenvalue weighted by Crippen LogP contribution is -2.23. The summed E-state index contributed by atoms with van der Waals surface area (Å²) >= 11 is 7.82. The van der Waals surface area contributed by atoms with Crippen LogP contribution in [0.3, 0.4) is 0 Å². The average Bonchev–Trinajstić information content (AvgIpc) is 2.86. The second-order valence-electron chi connectivity index (χ2n) is 5.19. The van der Waals surface area contributed by atoms with Gasteiger partial charge >= 0.3 is 0 Å². The molecule has 0 spiro atoms. The van der Waals surface area contributed by atoms with Crippen LogP contribution >= 0.6 is 22.9 Å². The van der Waals surface area contributed by atoms with Gasteiger partial charge in [-0.05, 0) is 36.1 Å². The van der Waals surface area contributed by atoms with Crippen molar-refractivity contribution in [2.75, 3.05) is 0 Å². The molecule has 1 N–H and O–H groups in total. The third kappa shape index (κ3) is 2.59. The molecule has 1 unspecified atom stereocenters. The van der Waals surface area contributed by atoms with Gasteiger partial charge in [0.05, 0.1) is 0 Å². The summed E-state index contributed by atoms with van der Waals surface area (Å²) in [7, 11) is 0. The summed E-state index contributed by atoms with van der Waals surface area (Å²) in [5.41, 5.74) is 0.0610. The SMILES string of the molecule is CC(O)(Cc1ccccc1Cl)c1cc2ccccc2s1. The Morgan fingerprint density at radius 1 is 1.10 bits per heavy atom. The summed E-state index contributed by atoms with van der Waals surface area (Å²) in [5, 5.41) is 12.7. The maximum absolute atomic E-state index is 10.8. The summed E-state index contributed by atoms with van der Waals surface area (Å²) in [6, 6.07) is 17.9.